The molecule has 0 aromatic heterocycles. The van der Waals surface area contributed by atoms with Crippen molar-refractivity contribution in [2.24, 2.45) is 5.16 Å². The fourth-order valence-electron chi connectivity index (χ4n) is 3.32. The van der Waals surface area contributed by atoms with Gasteiger partial charge in [0.05, 0.1) is 0 Å². The van der Waals surface area contributed by atoms with Gasteiger partial charge in [0, 0.05) is 40.7 Å². The van der Waals surface area contributed by atoms with E-state index >= 15 is 0 Å². The summed E-state index contributed by atoms with van der Waals surface area (Å²) in [5, 5.41) is 13.4. The minimum Gasteiger partial charge on any atom is -0.463 e. The van der Waals surface area contributed by atoms with Crippen molar-refractivity contribution in [3.05, 3.63) is 0 Å². The quantitative estimate of drug-likeness (QED) is 0.0557. The van der Waals surface area contributed by atoms with E-state index in [4.69, 9.17) is 28.1 Å². The Bertz CT molecular complexity index is 874. The lowest BCUT2D eigenvalue weighted by molar-refractivity contribution is -0.237. The van der Waals surface area contributed by atoms with Gasteiger partial charge >= 0.3 is 23.9 Å². The van der Waals surface area contributed by atoms with Crippen LogP contribution in [0.5, 0.6) is 0 Å². The Morgan fingerprint density at radius 2 is 1.42 bits per heavy atom. The van der Waals surface area contributed by atoms with Crippen molar-refractivity contribution in [1.82, 2.24) is 0 Å². The van der Waals surface area contributed by atoms with Gasteiger partial charge in [-0.2, -0.15) is 0 Å². The summed E-state index contributed by atoms with van der Waals surface area (Å²) in [6, 6.07) is 0. The van der Waals surface area contributed by atoms with Crippen LogP contribution in [0.15, 0.2) is 5.16 Å². The average molecular weight is 580 g/mol. The zero-order valence-corrected chi connectivity index (χ0v) is 25.4. The summed E-state index contributed by atoms with van der Waals surface area (Å²) in [4.78, 5) is 47.2. The molecule has 1 fully saturated rings. The van der Waals surface area contributed by atoms with E-state index in [0.717, 1.165) is 32.5 Å². The Kier molecular flexibility index (Phi) is 13.2. The van der Waals surface area contributed by atoms with E-state index in [9.17, 15) is 24.4 Å². The third-order valence-corrected chi connectivity index (χ3v) is 11.8. The van der Waals surface area contributed by atoms with E-state index in [0.29, 0.717) is 19.4 Å². The van der Waals surface area contributed by atoms with Crippen LogP contribution in [0.2, 0.25) is 18.1 Å². The molecule has 12 nitrogen and oxygen atoms in total. The molecule has 0 unspecified atom stereocenters. The van der Waals surface area contributed by atoms with Gasteiger partial charge in [0.2, 0.25) is 0 Å². The lowest BCUT2D eigenvalue weighted by Crippen LogP contribution is -2.61. The first-order chi connectivity index (χ1) is 17.5. The number of oxime groups is 1. The van der Waals surface area contributed by atoms with Gasteiger partial charge in [0.1, 0.15) is 23.2 Å². The van der Waals surface area contributed by atoms with Crippen molar-refractivity contribution in [1.29, 1.82) is 0 Å². The largest absolute Gasteiger partial charge is 0.463 e. The van der Waals surface area contributed by atoms with E-state index in [1.165, 1.54) is 6.92 Å². The minimum absolute atomic E-state index is 0.0456. The van der Waals surface area contributed by atoms with Crippen LogP contribution >= 0.6 is 11.8 Å². The van der Waals surface area contributed by atoms with Gasteiger partial charge in [-0.15, -0.1) is 0 Å². The molecule has 0 aromatic rings. The third-order valence-electron chi connectivity index (χ3n) is 6.12. The van der Waals surface area contributed by atoms with Crippen LogP contribution in [0.1, 0.15) is 61.3 Å². The predicted molar refractivity (Wildman–Crippen MR) is 141 cm³/mol. The lowest BCUT2D eigenvalue weighted by atomic mass is 9.99. The SMILES string of the molecule is CC(=O)OC[C@H]1O[C@@H](S/C(CCCO[Si](C)(C)C(C)(C)C)=N/O)[C@H](OC(C)=O)[C@@H](OC(C)=O)[C@@H]1OC(C)=O. The summed E-state index contributed by atoms with van der Waals surface area (Å²) in [6.07, 6.45) is -3.97. The van der Waals surface area contributed by atoms with Crippen molar-refractivity contribution >= 4 is 49.0 Å². The summed E-state index contributed by atoms with van der Waals surface area (Å²) in [5.41, 5.74) is -1.05. The zero-order valence-electron chi connectivity index (χ0n) is 23.6. The summed E-state index contributed by atoms with van der Waals surface area (Å²) < 4.78 is 33.5. The van der Waals surface area contributed by atoms with Crippen LogP contribution in [0.25, 0.3) is 0 Å². The maximum absolute atomic E-state index is 12.0. The molecule has 1 N–H and O–H groups in total. The minimum atomic E-state index is -1.96. The number of hydrogen-bond donors (Lipinski definition) is 1. The maximum atomic E-state index is 12.0. The van der Waals surface area contributed by atoms with Crippen LogP contribution in [0, 0.1) is 0 Å². The first-order valence-corrected chi connectivity index (χ1v) is 16.1. The smallest absolute Gasteiger partial charge is 0.303 e. The molecule has 0 spiro atoms. The van der Waals surface area contributed by atoms with Crippen LogP contribution in [-0.2, 0) is 47.3 Å². The van der Waals surface area contributed by atoms with Gasteiger partial charge in [-0.25, -0.2) is 0 Å². The number of nitrogens with zero attached hydrogens (tertiary/aromatic N) is 1. The molecule has 38 heavy (non-hydrogen) atoms. The van der Waals surface area contributed by atoms with E-state index in [-0.39, 0.29) is 16.7 Å². The monoisotopic (exact) mass is 579 g/mol. The average Bonchev–Trinajstić information content (AvgIpc) is 2.76. The number of ether oxygens (including phenoxy) is 5. The standard InChI is InChI=1S/C24H41NO11SSi/c1-14(26)31-13-18-20(33-15(2)27)21(34-16(3)28)22(35-17(4)29)23(36-18)37-19(25-30)11-10-12-32-38(8,9)24(5,6)7/h18,20-23,30H,10-13H2,1-9H3/b25-19+/t18-,20-,21+,22-,23+/m1/s1. The number of carbonyl (C=O) groups is 4. The maximum Gasteiger partial charge on any atom is 0.303 e. The molecular weight excluding hydrogens is 538 g/mol. The molecule has 1 aliphatic rings. The number of esters is 4. The van der Waals surface area contributed by atoms with Crippen LogP contribution < -0.4 is 0 Å². The molecule has 14 heteroatoms. The highest BCUT2D eigenvalue weighted by Crippen LogP contribution is 2.37. The second kappa shape index (κ2) is 14.8. The molecule has 1 saturated heterocycles. The Balaban J connectivity index is 3.17. The topological polar surface area (TPSA) is 156 Å². The summed E-state index contributed by atoms with van der Waals surface area (Å²) >= 11 is 0.953. The highest BCUT2D eigenvalue weighted by atomic mass is 32.2. The van der Waals surface area contributed by atoms with E-state index in [1.807, 2.05) is 0 Å². The number of thioether (sulfide) groups is 1. The number of rotatable bonds is 11. The van der Waals surface area contributed by atoms with E-state index < -0.39 is 62.0 Å². The molecule has 1 aliphatic heterocycles. The van der Waals surface area contributed by atoms with E-state index in [2.05, 4.69) is 39.0 Å². The van der Waals surface area contributed by atoms with Crippen molar-refractivity contribution in [3.8, 4) is 0 Å². The van der Waals surface area contributed by atoms with Gasteiger partial charge < -0.3 is 33.3 Å². The first kappa shape index (κ1) is 33.9. The van der Waals surface area contributed by atoms with Crippen molar-refractivity contribution < 1.29 is 52.5 Å². The highest BCUT2D eigenvalue weighted by Gasteiger charge is 2.52. The summed E-state index contributed by atoms with van der Waals surface area (Å²) in [7, 11) is -1.96. The first-order valence-electron chi connectivity index (χ1n) is 12.3. The molecular formula is C24H41NO11SSi. The Morgan fingerprint density at radius 1 is 0.895 bits per heavy atom. The van der Waals surface area contributed by atoms with Gasteiger partial charge in [0.25, 0.3) is 0 Å². The van der Waals surface area contributed by atoms with Crippen molar-refractivity contribution in [2.75, 3.05) is 13.2 Å². The van der Waals surface area contributed by atoms with Crippen molar-refractivity contribution in [2.45, 2.75) is 109 Å². The fourth-order valence-corrected chi connectivity index (χ4v) is 5.53. The van der Waals surface area contributed by atoms with Gasteiger partial charge in [0.15, 0.2) is 26.6 Å². The second-order valence-corrected chi connectivity index (χ2v) is 16.4. The molecule has 0 aliphatic carbocycles. The van der Waals surface area contributed by atoms with Crippen molar-refractivity contribution in [3.63, 3.8) is 0 Å². The normalized spacial score (nSPS) is 24.3. The summed E-state index contributed by atoms with van der Waals surface area (Å²) in [6.45, 7) is 15.5. The van der Waals surface area contributed by atoms with Gasteiger partial charge in [-0.3, -0.25) is 19.2 Å². The molecule has 5 atom stereocenters. The van der Waals surface area contributed by atoms with Gasteiger partial charge in [-0.05, 0) is 24.6 Å². The van der Waals surface area contributed by atoms with Crippen LogP contribution in [0.4, 0.5) is 0 Å². The number of carbonyl (C=O) groups excluding carboxylic acids is 4. The molecule has 0 aromatic carbocycles. The molecule has 0 bridgehead atoms. The Labute approximate surface area is 229 Å². The highest BCUT2D eigenvalue weighted by molar-refractivity contribution is 8.14. The molecule has 218 valence electrons. The predicted octanol–water partition coefficient (Wildman–Crippen LogP) is 3.39. The second-order valence-electron chi connectivity index (χ2n) is 10.4. The molecule has 0 amide bonds. The number of hydrogen-bond acceptors (Lipinski definition) is 13. The summed E-state index contributed by atoms with van der Waals surface area (Å²) in [5.74, 6) is -2.74. The van der Waals surface area contributed by atoms with E-state index in [1.54, 1.807) is 0 Å². The molecule has 1 heterocycles. The lowest BCUT2D eigenvalue weighted by Gasteiger charge is -2.44. The molecule has 0 radical (unpaired) electrons. The third kappa shape index (κ3) is 10.9. The molecule has 0 saturated carbocycles. The molecule has 1 rings (SSSR count). The fraction of sp³-hybridized carbons (Fsp3) is 0.792. The van der Waals surface area contributed by atoms with Crippen LogP contribution in [0.3, 0.4) is 0 Å². The zero-order chi connectivity index (χ0) is 29.3. The Morgan fingerprint density at radius 3 is 1.89 bits per heavy atom. The Hall–Kier alpha value is -2.16. The van der Waals surface area contributed by atoms with Crippen LogP contribution in [-0.4, -0.2) is 85.5 Å². The van der Waals surface area contributed by atoms with Gasteiger partial charge in [-0.1, -0.05) is 37.7 Å².